The van der Waals surface area contributed by atoms with Crippen molar-refractivity contribution in [3.63, 3.8) is 0 Å². The van der Waals surface area contributed by atoms with Crippen LogP contribution in [0, 0.1) is 0 Å². The number of rotatable bonds is 65. The Balaban J connectivity index is 3.99. The summed E-state index contributed by atoms with van der Waals surface area (Å²) in [4.78, 5) is 38.0. The maximum absolute atomic E-state index is 12.8. The molecule has 0 aromatic heterocycles. The van der Waals surface area contributed by atoms with E-state index in [1.165, 1.54) is 238 Å². The zero-order chi connectivity index (χ0) is 59.8. The second-order valence-corrected chi connectivity index (χ2v) is 26.3. The van der Waals surface area contributed by atoms with Crippen LogP contribution in [0.1, 0.15) is 335 Å². The molecular formula is C72H134NO8P. The van der Waals surface area contributed by atoms with Gasteiger partial charge in [-0.15, -0.1) is 0 Å². The molecule has 82 heavy (non-hydrogen) atoms. The zero-order valence-electron chi connectivity index (χ0n) is 54.7. The molecule has 0 aromatic carbocycles. The minimum atomic E-state index is -4.64. The van der Waals surface area contributed by atoms with Gasteiger partial charge in [0.2, 0.25) is 0 Å². The van der Waals surface area contributed by atoms with Crippen LogP contribution in [0.4, 0.5) is 0 Å². The van der Waals surface area contributed by atoms with Crippen LogP contribution in [0.5, 0.6) is 0 Å². The number of carbonyl (C=O) groups is 2. The fourth-order valence-corrected chi connectivity index (χ4v) is 10.8. The van der Waals surface area contributed by atoms with Crippen LogP contribution in [-0.2, 0) is 32.7 Å². The van der Waals surface area contributed by atoms with Crippen molar-refractivity contribution in [2.75, 3.05) is 47.5 Å². The van der Waals surface area contributed by atoms with Gasteiger partial charge in [0.15, 0.2) is 6.10 Å². The molecule has 2 atom stereocenters. The van der Waals surface area contributed by atoms with Gasteiger partial charge in [-0.1, -0.05) is 299 Å². The van der Waals surface area contributed by atoms with Crippen LogP contribution >= 0.6 is 7.82 Å². The average molecular weight is 1170 g/mol. The maximum Gasteiger partial charge on any atom is 0.306 e. The molecular weight excluding hydrogens is 1040 g/mol. The number of phosphoric ester groups is 1. The third kappa shape index (κ3) is 66.8. The lowest BCUT2D eigenvalue weighted by Gasteiger charge is -2.28. The standard InChI is InChI=1S/C72H134NO8P/c1-6-8-10-12-14-16-18-20-22-24-26-28-30-31-32-33-34-35-36-37-38-39-40-41-43-44-46-48-50-52-54-56-58-60-62-64-71(74)78-68-70(69-80-82(76,77)79-67-66-73(3,4)5)81-72(75)65-63-61-59-57-55-53-51-49-47-45-42-29-27-25-23-21-19-17-15-13-11-9-7-2/h18-21,24-27,42,45,70H,6-17,22-23,28-41,43-44,46-69H2,1-5H3/b20-18-,21-19-,26-24-,27-25-,45-42-. The fraction of sp³-hybridized carbons (Fsp3) is 0.833. The summed E-state index contributed by atoms with van der Waals surface area (Å²) in [5, 5.41) is 0. The maximum atomic E-state index is 12.8. The van der Waals surface area contributed by atoms with E-state index in [-0.39, 0.29) is 32.0 Å². The molecule has 0 fully saturated rings. The minimum absolute atomic E-state index is 0.0324. The molecule has 0 radical (unpaired) electrons. The van der Waals surface area contributed by atoms with Crippen molar-refractivity contribution in [1.82, 2.24) is 0 Å². The van der Waals surface area contributed by atoms with Crippen molar-refractivity contribution in [1.29, 1.82) is 0 Å². The third-order valence-electron chi connectivity index (χ3n) is 15.5. The molecule has 0 aliphatic rings. The summed E-state index contributed by atoms with van der Waals surface area (Å²) >= 11 is 0. The topological polar surface area (TPSA) is 111 Å². The monoisotopic (exact) mass is 1170 g/mol. The highest BCUT2D eigenvalue weighted by atomic mass is 31.2. The highest BCUT2D eigenvalue weighted by Gasteiger charge is 2.22. The normalized spacial score (nSPS) is 13.5. The molecule has 2 unspecified atom stereocenters. The first-order valence-electron chi connectivity index (χ1n) is 35.0. The predicted octanol–water partition coefficient (Wildman–Crippen LogP) is 22.0. The van der Waals surface area contributed by atoms with E-state index in [9.17, 15) is 19.0 Å². The molecule has 0 spiro atoms. The van der Waals surface area contributed by atoms with E-state index in [1.54, 1.807) is 0 Å². The van der Waals surface area contributed by atoms with E-state index >= 15 is 0 Å². The molecule has 0 aliphatic heterocycles. The van der Waals surface area contributed by atoms with E-state index in [2.05, 4.69) is 74.6 Å². The number of unbranched alkanes of at least 4 members (excludes halogenated alkanes) is 41. The van der Waals surface area contributed by atoms with Crippen molar-refractivity contribution >= 4 is 19.8 Å². The molecule has 0 saturated carbocycles. The van der Waals surface area contributed by atoms with Crippen LogP contribution in [0.25, 0.3) is 0 Å². The molecule has 0 aliphatic carbocycles. The van der Waals surface area contributed by atoms with Crippen molar-refractivity contribution in [2.24, 2.45) is 0 Å². The smallest absolute Gasteiger partial charge is 0.306 e. The first kappa shape index (κ1) is 79.7. The third-order valence-corrected chi connectivity index (χ3v) is 16.5. The lowest BCUT2D eigenvalue weighted by molar-refractivity contribution is -0.870. The van der Waals surface area contributed by atoms with Crippen molar-refractivity contribution < 1.29 is 42.1 Å². The average Bonchev–Trinajstić information content (AvgIpc) is 3.46. The van der Waals surface area contributed by atoms with E-state index in [0.29, 0.717) is 17.4 Å². The summed E-state index contributed by atoms with van der Waals surface area (Å²) in [5.41, 5.74) is 0. The number of esters is 2. The van der Waals surface area contributed by atoms with Gasteiger partial charge in [0, 0.05) is 12.8 Å². The molecule has 9 nitrogen and oxygen atoms in total. The summed E-state index contributed by atoms with van der Waals surface area (Å²) in [6, 6.07) is 0. The summed E-state index contributed by atoms with van der Waals surface area (Å²) in [6.45, 7) is 4.25. The van der Waals surface area contributed by atoms with Gasteiger partial charge in [0.1, 0.15) is 19.8 Å². The van der Waals surface area contributed by atoms with Gasteiger partial charge >= 0.3 is 11.9 Å². The molecule has 0 N–H and O–H groups in total. The lowest BCUT2D eigenvalue weighted by Crippen LogP contribution is -2.37. The molecule has 10 heteroatoms. The summed E-state index contributed by atoms with van der Waals surface area (Å²) in [5.74, 6) is -0.828. The Bertz CT molecular complexity index is 1570. The van der Waals surface area contributed by atoms with Crippen molar-refractivity contribution in [2.45, 2.75) is 341 Å². The molecule has 0 aromatic rings. The Labute approximate surface area is 508 Å². The van der Waals surface area contributed by atoms with E-state index in [0.717, 1.165) is 64.2 Å². The Morgan fingerprint density at radius 2 is 0.659 bits per heavy atom. The number of carbonyl (C=O) groups excluding carboxylic acids is 2. The SMILES string of the molecule is CCCCCCC/C=C\C/C=C\C/C=C\CCCCCCCCCCC(=O)OC(COC(=O)CCCCCCCCCCCCCCCCCCCCCCCCC/C=C\C/C=C\CCCCCCC)COP(=O)([O-])OCC[N+](C)(C)C. The molecule has 0 amide bonds. The van der Waals surface area contributed by atoms with Gasteiger partial charge in [-0.2, -0.15) is 0 Å². The van der Waals surface area contributed by atoms with Crippen LogP contribution in [0.3, 0.4) is 0 Å². The van der Waals surface area contributed by atoms with Gasteiger partial charge in [-0.3, -0.25) is 14.2 Å². The summed E-state index contributed by atoms with van der Waals surface area (Å²) in [7, 11) is 1.17. The van der Waals surface area contributed by atoms with Crippen LogP contribution in [0.15, 0.2) is 60.8 Å². The number of likely N-dealkylation sites (N-methyl/N-ethyl adjacent to an activating group) is 1. The van der Waals surface area contributed by atoms with Crippen LogP contribution in [0.2, 0.25) is 0 Å². The molecule has 0 saturated heterocycles. The Kier molecular flexibility index (Phi) is 61.5. The Morgan fingerprint density at radius 1 is 0.378 bits per heavy atom. The first-order valence-corrected chi connectivity index (χ1v) is 36.5. The van der Waals surface area contributed by atoms with Crippen molar-refractivity contribution in [3.05, 3.63) is 60.8 Å². The van der Waals surface area contributed by atoms with Crippen molar-refractivity contribution in [3.8, 4) is 0 Å². The number of allylic oxidation sites excluding steroid dienone is 10. The fourth-order valence-electron chi connectivity index (χ4n) is 10.1. The van der Waals surface area contributed by atoms with E-state index in [1.807, 2.05) is 21.1 Å². The minimum Gasteiger partial charge on any atom is -0.756 e. The van der Waals surface area contributed by atoms with E-state index in [4.69, 9.17) is 18.5 Å². The van der Waals surface area contributed by atoms with Gasteiger partial charge < -0.3 is 27.9 Å². The number of nitrogens with zero attached hydrogens (tertiary/aromatic N) is 1. The van der Waals surface area contributed by atoms with Gasteiger partial charge in [-0.25, -0.2) is 0 Å². The van der Waals surface area contributed by atoms with Crippen LogP contribution in [-0.4, -0.2) is 70.0 Å². The zero-order valence-corrected chi connectivity index (χ0v) is 55.6. The van der Waals surface area contributed by atoms with Gasteiger partial charge in [-0.05, 0) is 83.5 Å². The molecule has 480 valence electrons. The van der Waals surface area contributed by atoms with E-state index < -0.39 is 26.5 Å². The predicted molar refractivity (Wildman–Crippen MR) is 351 cm³/mol. The lowest BCUT2D eigenvalue weighted by atomic mass is 10.0. The number of hydrogen-bond donors (Lipinski definition) is 0. The number of ether oxygens (including phenoxy) is 2. The second-order valence-electron chi connectivity index (χ2n) is 24.9. The number of quaternary nitrogens is 1. The number of hydrogen-bond acceptors (Lipinski definition) is 8. The Hall–Kier alpha value is -2.29. The summed E-state index contributed by atoms with van der Waals surface area (Å²) in [6.07, 6.45) is 83.1. The summed E-state index contributed by atoms with van der Waals surface area (Å²) < 4.78 is 34.3. The largest absolute Gasteiger partial charge is 0.756 e. The van der Waals surface area contributed by atoms with Gasteiger partial charge in [0.25, 0.3) is 7.82 Å². The second kappa shape index (κ2) is 63.2. The van der Waals surface area contributed by atoms with Crippen LogP contribution < -0.4 is 4.89 Å². The molecule has 0 heterocycles. The molecule has 0 rings (SSSR count). The highest BCUT2D eigenvalue weighted by Crippen LogP contribution is 2.38. The quantitative estimate of drug-likeness (QED) is 0.0195. The highest BCUT2D eigenvalue weighted by molar-refractivity contribution is 7.45. The molecule has 0 bridgehead atoms. The van der Waals surface area contributed by atoms with Gasteiger partial charge in [0.05, 0.1) is 27.7 Å². The number of phosphoric acid groups is 1. The Morgan fingerprint density at radius 3 is 0.976 bits per heavy atom. The first-order chi connectivity index (χ1) is 40.0.